The van der Waals surface area contributed by atoms with Gasteiger partial charge in [0.25, 0.3) is 0 Å². The molecule has 0 radical (unpaired) electrons. The Balaban J connectivity index is 1.72. The Labute approximate surface area is 173 Å². The molecule has 0 amide bonds. The quantitative estimate of drug-likeness (QED) is 0.448. The Morgan fingerprint density at radius 1 is 1.42 bits per heavy atom. The number of aliphatic hydroxyl groups is 1. The fourth-order valence-electron chi connectivity index (χ4n) is 3.50. The minimum Gasteiger partial charge on any atom is -0.391 e. The molecule has 0 unspecified atom stereocenters. The van der Waals surface area contributed by atoms with E-state index in [0.29, 0.717) is 5.15 Å². The molecule has 0 spiro atoms. The van der Waals surface area contributed by atoms with Crippen molar-refractivity contribution >= 4 is 66.1 Å². The molecule has 4 rings (SSSR count). The molecule has 26 heavy (non-hydrogen) atoms. The van der Waals surface area contributed by atoms with Gasteiger partial charge in [0, 0.05) is 34.3 Å². The zero-order valence-electron chi connectivity index (χ0n) is 13.9. The highest BCUT2D eigenvalue weighted by molar-refractivity contribution is 9.10. The topological polar surface area (TPSA) is 71.2 Å². The van der Waals surface area contributed by atoms with E-state index in [9.17, 15) is 5.11 Å². The van der Waals surface area contributed by atoms with Crippen LogP contribution in [0.4, 0.5) is 5.69 Å². The van der Waals surface area contributed by atoms with Gasteiger partial charge in [-0.25, -0.2) is 4.98 Å². The molecule has 3 aromatic heterocycles. The molecule has 3 heterocycles. The smallest absolute Gasteiger partial charge is 0.131 e. The summed E-state index contributed by atoms with van der Waals surface area (Å²) in [6.45, 7) is 0.750. The minimum absolute atomic E-state index is 0.135. The summed E-state index contributed by atoms with van der Waals surface area (Å²) in [7, 11) is 0. The van der Waals surface area contributed by atoms with Crippen LogP contribution < -0.4 is 11.1 Å². The molecule has 4 nitrogen and oxygen atoms in total. The van der Waals surface area contributed by atoms with Gasteiger partial charge in [-0.2, -0.15) is 0 Å². The van der Waals surface area contributed by atoms with Crippen LogP contribution in [0.5, 0.6) is 0 Å². The van der Waals surface area contributed by atoms with Gasteiger partial charge >= 0.3 is 0 Å². The van der Waals surface area contributed by atoms with Gasteiger partial charge in [-0.15, -0.1) is 22.7 Å². The van der Waals surface area contributed by atoms with Crippen LogP contribution in [0.15, 0.2) is 28.1 Å². The van der Waals surface area contributed by atoms with Crippen LogP contribution in [0.2, 0.25) is 5.15 Å². The lowest BCUT2D eigenvalue weighted by Crippen LogP contribution is -2.42. The van der Waals surface area contributed by atoms with Gasteiger partial charge in [0.2, 0.25) is 0 Å². The first kappa shape index (κ1) is 18.7. The first-order chi connectivity index (χ1) is 12.5. The third-order valence-corrected chi connectivity index (χ3v) is 8.35. The Hall–Kier alpha value is -0.700. The zero-order valence-corrected chi connectivity index (χ0v) is 17.9. The van der Waals surface area contributed by atoms with E-state index in [1.807, 2.05) is 12.1 Å². The number of thiophene rings is 2. The highest BCUT2D eigenvalue weighted by atomic mass is 79.9. The van der Waals surface area contributed by atoms with Crippen LogP contribution in [0.1, 0.15) is 34.9 Å². The molecule has 138 valence electrons. The molecule has 0 saturated heterocycles. The average Bonchev–Trinajstić information content (AvgIpc) is 3.24. The van der Waals surface area contributed by atoms with E-state index in [0.717, 1.165) is 51.1 Å². The maximum atomic E-state index is 10.2. The van der Waals surface area contributed by atoms with Crippen molar-refractivity contribution in [2.45, 2.75) is 43.9 Å². The molecule has 3 aromatic rings. The van der Waals surface area contributed by atoms with Crippen LogP contribution in [0.25, 0.3) is 10.2 Å². The van der Waals surface area contributed by atoms with Crippen molar-refractivity contribution in [2.75, 3.05) is 5.32 Å². The number of pyridine rings is 1. The Morgan fingerprint density at radius 3 is 3.04 bits per heavy atom. The molecule has 0 aromatic carbocycles. The lowest BCUT2D eigenvalue weighted by molar-refractivity contribution is 0.0969. The summed E-state index contributed by atoms with van der Waals surface area (Å²) in [6.07, 6.45) is 2.30. The lowest BCUT2D eigenvalue weighted by atomic mass is 9.82. The average molecular weight is 473 g/mol. The lowest BCUT2D eigenvalue weighted by Gasteiger charge is -2.32. The number of fused-ring (bicyclic) bond motifs is 1. The van der Waals surface area contributed by atoms with E-state index in [2.05, 4.69) is 37.7 Å². The third-order valence-electron chi connectivity index (χ3n) is 4.87. The molecule has 1 aliphatic carbocycles. The summed E-state index contributed by atoms with van der Waals surface area (Å²) >= 11 is 13.4. The van der Waals surface area contributed by atoms with Crippen LogP contribution in [-0.4, -0.2) is 22.2 Å². The van der Waals surface area contributed by atoms with E-state index in [-0.39, 0.29) is 12.0 Å². The number of halogens is 2. The van der Waals surface area contributed by atoms with Crippen LogP contribution in [0.3, 0.4) is 0 Å². The van der Waals surface area contributed by atoms with Crippen LogP contribution in [-0.2, 0) is 6.54 Å². The maximum absolute atomic E-state index is 10.2. The normalized spacial score (nSPS) is 23.5. The Bertz CT molecular complexity index is 915. The monoisotopic (exact) mass is 471 g/mol. The van der Waals surface area contributed by atoms with Crippen molar-refractivity contribution in [2.24, 2.45) is 5.73 Å². The van der Waals surface area contributed by atoms with Crippen molar-refractivity contribution in [1.82, 2.24) is 4.98 Å². The summed E-state index contributed by atoms with van der Waals surface area (Å²) < 4.78 is 2.02. The van der Waals surface area contributed by atoms with Crippen molar-refractivity contribution in [3.05, 3.63) is 43.0 Å². The molecular weight excluding hydrogens is 454 g/mol. The molecule has 4 N–H and O–H groups in total. The number of nitrogens with one attached hydrogen (secondary N) is 1. The van der Waals surface area contributed by atoms with Crippen molar-refractivity contribution in [1.29, 1.82) is 0 Å². The number of nitrogens with two attached hydrogens (primary N) is 1. The van der Waals surface area contributed by atoms with Gasteiger partial charge in [0.1, 0.15) is 5.15 Å². The molecule has 8 heteroatoms. The molecule has 1 aliphatic rings. The number of hydrogen-bond acceptors (Lipinski definition) is 6. The number of aromatic nitrogens is 1. The number of aliphatic hydroxyl groups excluding tert-OH is 1. The fourth-order valence-corrected chi connectivity index (χ4v) is 6.61. The number of anilines is 1. The van der Waals surface area contributed by atoms with Gasteiger partial charge in [-0.05, 0) is 40.2 Å². The molecular formula is C18H19BrClN3OS2. The minimum atomic E-state index is -0.446. The third kappa shape index (κ3) is 3.53. The molecule has 0 bridgehead atoms. The number of hydrogen-bond donors (Lipinski definition) is 3. The SMILES string of the molecule is N[C@@H]1[C@@H](O)CCC[C@H]1c1sc2c(NCc3cccs3)cc(Cl)nc2c1Br. The summed E-state index contributed by atoms with van der Waals surface area (Å²) in [5.41, 5.74) is 8.15. The van der Waals surface area contributed by atoms with E-state index in [1.165, 1.54) is 4.88 Å². The van der Waals surface area contributed by atoms with Gasteiger partial charge < -0.3 is 16.2 Å². The van der Waals surface area contributed by atoms with Gasteiger partial charge in [-0.3, -0.25) is 0 Å². The second-order valence-electron chi connectivity index (χ2n) is 6.57. The highest BCUT2D eigenvalue weighted by Crippen LogP contribution is 2.46. The predicted octanol–water partition coefficient (Wildman–Crippen LogP) is 5.34. The maximum Gasteiger partial charge on any atom is 0.131 e. The predicted molar refractivity (Wildman–Crippen MR) is 115 cm³/mol. The zero-order chi connectivity index (χ0) is 18.3. The Morgan fingerprint density at radius 2 is 2.27 bits per heavy atom. The van der Waals surface area contributed by atoms with Gasteiger partial charge in [0.05, 0.1) is 26.5 Å². The molecule has 1 fully saturated rings. The highest BCUT2D eigenvalue weighted by Gasteiger charge is 2.33. The van der Waals surface area contributed by atoms with Crippen molar-refractivity contribution in [3.8, 4) is 0 Å². The summed E-state index contributed by atoms with van der Waals surface area (Å²) in [4.78, 5) is 6.94. The van der Waals surface area contributed by atoms with Crippen LogP contribution >= 0.6 is 50.2 Å². The fraction of sp³-hybridized carbons (Fsp3) is 0.389. The van der Waals surface area contributed by atoms with E-state index < -0.39 is 6.10 Å². The summed E-state index contributed by atoms with van der Waals surface area (Å²) in [5.74, 6) is 0.135. The van der Waals surface area contributed by atoms with Gasteiger partial charge in [0.15, 0.2) is 0 Å². The van der Waals surface area contributed by atoms with Crippen LogP contribution in [0, 0.1) is 0 Å². The van der Waals surface area contributed by atoms with E-state index >= 15 is 0 Å². The van der Waals surface area contributed by atoms with E-state index in [4.69, 9.17) is 17.3 Å². The van der Waals surface area contributed by atoms with Gasteiger partial charge in [-0.1, -0.05) is 24.1 Å². The second kappa shape index (κ2) is 7.73. The summed E-state index contributed by atoms with van der Waals surface area (Å²) in [6, 6.07) is 5.79. The van der Waals surface area contributed by atoms with Crippen molar-refractivity contribution in [3.63, 3.8) is 0 Å². The van der Waals surface area contributed by atoms with E-state index in [1.54, 1.807) is 22.7 Å². The number of nitrogens with zero attached hydrogens (tertiary/aromatic N) is 1. The largest absolute Gasteiger partial charge is 0.391 e. The molecule has 0 aliphatic heterocycles. The Kier molecular flexibility index (Phi) is 5.55. The second-order valence-corrected chi connectivity index (χ2v) is 9.83. The van der Waals surface area contributed by atoms with Crippen molar-refractivity contribution < 1.29 is 5.11 Å². The first-order valence-corrected chi connectivity index (χ1v) is 11.4. The standard InChI is InChI=1S/C18H19BrClN3OS2/c19-14-16-18(26-17(14)10-4-1-5-12(24)15(10)21)11(7-13(20)23-16)22-8-9-3-2-6-25-9/h2-3,6-7,10,12,15,24H,1,4-5,8,21H2,(H,22,23)/t10-,12+,15+/m1/s1. The molecule has 1 saturated carbocycles. The first-order valence-electron chi connectivity index (χ1n) is 8.53. The number of rotatable bonds is 4. The summed E-state index contributed by atoms with van der Waals surface area (Å²) in [5, 5.41) is 16.2. The molecule has 3 atom stereocenters.